The first-order valence-corrected chi connectivity index (χ1v) is 7.29. The minimum absolute atomic E-state index is 0.257. The van der Waals surface area contributed by atoms with Crippen LogP contribution < -0.4 is 10.2 Å². The highest BCUT2D eigenvalue weighted by molar-refractivity contribution is 9.10. The summed E-state index contributed by atoms with van der Waals surface area (Å²) in [6.45, 7) is 0.608. The van der Waals surface area contributed by atoms with Crippen molar-refractivity contribution in [2.75, 3.05) is 24.3 Å². The monoisotopic (exact) mass is 356 g/mol. The van der Waals surface area contributed by atoms with Gasteiger partial charge in [-0.05, 0) is 51.8 Å². The van der Waals surface area contributed by atoms with Crippen molar-refractivity contribution in [2.45, 2.75) is 6.54 Å². The number of anilines is 2. The Labute approximate surface area is 131 Å². The molecule has 2 rings (SSSR count). The third-order valence-electron chi connectivity index (χ3n) is 2.91. The number of benzene rings is 2. The fourth-order valence-electron chi connectivity index (χ4n) is 1.83. The zero-order valence-electron chi connectivity index (χ0n) is 11.3. The lowest BCUT2D eigenvalue weighted by Crippen LogP contribution is -2.09. The molecule has 0 radical (unpaired) electrons. The average Bonchev–Trinajstić information content (AvgIpc) is 2.40. The molecule has 2 nitrogen and oxygen atoms in total. The van der Waals surface area contributed by atoms with E-state index in [9.17, 15) is 4.39 Å². The lowest BCUT2D eigenvalue weighted by molar-refractivity contribution is 0.620. The van der Waals surface area contributed by atoms with E-state index in [1.807, 2.05) is 37.2 Å². The van der Waals surface area contributed by atoms with E-state index in [1.165, 1.54) is 6.07 Å². The smallest absolute Gasteiger partial charge is 0.137 e. The van der Waals surface area contributed by atoms with E-state index in [-0.39, 0.29) is 5.82 Å². The Morgan fingerprint density at radius 3 is 2.55 bits per heavy atom. The molecule has 0 unspecified atom stereocenters. The molecule has 20 heavy (non-hydrogen) atoms. The minimum atomic E-state index is -0.257. The summed E-state index contributed by atoms with van der Waals surface area (Å²) in [4.78, 5) is 1.96. The molecule has 0 spiro atoms. The van der Waals surface area contributed by atoms with Crippen molar-refractivity contribution in [2.24, 2.45) is 0 Å². The Bertz CT molecular complexity index is 617. The summed E-state index contributed by atoms with van der Waals surface area (Å²) in [5, 5.41) is 3.96. The van der Waals surface area contributed by atoms with Crippen LogP contribution in [0.5, 0.6) is 0 Å². The number of rotatable bonds is 4. The van der Waals surface area contributed by atoms with Crippen molar-refractivity contribution < 1.29 is 4.39 Å². The first-order chi connectivity index (χ1) is 9.47. The van der Waals surface area contributed by atoms with Gasteiger partial charge in [0.2, 0.25) is 0 Å². The van der Waals surface area contributed by atoms with Gasteiger partial charge in [-0.1, -0.05) is 17.7 Å². The second-order valence-corrected chi connectivity index (χ2v) is 5.92. The van der Waals surface area contributed by atoms with Crippen molar-refractivity contribution in [1.82, 2.24) is 0 Å². The molecule has 0 aliphatic carbocycles. The average molecular weight is 358 g/mol. The van der Waals surface area contributed by atoms with Crippen molar-refractivity contribution in [3.63, 3.8) is 0 Å². The van der Waals surface area contributed by atoms with Crippen molar-refractivity contribution >= 4 is 38.9 Å². The van der Waals surface area contributed by atoms with Crippen molar-refractivity contribution in [3.05, 3.63) is 57.3 Å². The normalized spacial score (nSPS) is 10.4. The molecule has 0 heterocycles. The second kappa shape index (κ2) is 6.46. The van der Waals surface area contributed by atoms with E-state index in [2.05, 4.69) is 21.2 Å². The number of halogens is 3. The Balaban J connectivity index is 2.07. The molecule has 0 bridgehead atoms. The highest BCUT2D eigenvalue weighted by Gasteiger charge is 2.04. The lowest BCUT2D eigenvalue weighted by atomic mass is 10.2. The number of nitrogens with one attached hydrogen (secondary N) is 1. The maximum Gasteiger partial charge on any atom is 0.137 e. The number of hydrogen-bond donors (Lipinski definition) is 1. The molecule has 0 aromatic heterocycles. The molecule has 5 heteroatoms. The fourth-order valence-corrected chi connectivity index (χ4v) is 2.61. The first kappa shape index (κ1) is 15.1. The van der Waals surface area contributed by atoms with E-state index in [1.54, 1.807) is 12.1 Å². The summed E-state index contributed by atoms with van der Waals surface area (Å²) < 4.78 is 13.6. The highest BCUT2D eigenvalue weighted by atomic mass is 79.9. The first-order valence-electron chi connectivity index (χ1n) is 6.12. The standard InChI is InChI=1S/C15H15BrClFN2/c1-20(2)15-6-4-11(8-13(15)17)19-9-10-3-5-14(18)12(16)7-10/h3-8,19H,9H2,1-2H3. The van der Waals surface area contributed by atoms with E-state index in [0.29, 0.717) is 16.0 Å². The molecular weight excluding hydrogens is 343 g/mol. The largest absolute Gasteiger partial charge is 0.381 e. The van der Waals surface area contributed by atoms with Gasteiger partial charge >= 0.3 is 0 Å². The van der Waals surface area contributed by atoms with E-state index < -0.39 is 0 Å². The highest BCUT2D eigenvalue weighted by Crippen LogP contribution is 2.27. The lowest BCUT2D eigenvalue weighted by Gasteiger charge is -2.15. The van der Waals surface area contributed by atoms with Crippen LogP contribution in [-0.4, -0.2) is 14.1 Å². The Morgan fingerprint density at radius 1 is 1.20 bits per heavy atom. The third kappa shape index (κ3) is 3.64. The molecule has 0 saturated carbocycles. The van der Waals surface area contributed by atoms with Gasteiger partial charge < -0.3 is 10.2 Å². The van der Waals surface area contributed by atoms with E-state index >= 15 is 0 Å². The van der Waals surface area contributed by atoms with E-state index in [4.69, 9.17) is 11.6 Å². The Morgan fingerprint density at radius 2 is 1.95 bits per heavy atom. The zero-order chi connectivity index (χ0) is 14.7. The van der Waals surface area contributed by atoms with Crippen LogP contribution in [-0.2, 0) is 6.54 Å². The summed E-state index contributed by atoms with van der Waals surface area (Å²) in [5.41, 5.74) is 2.90. The molecule has 0 amide bonds. The van der Waals surface area contributed by atoms with Crippen LogP contribution in [0, 0.1) is 5.82 Å². The number of hydrogen-bond acceptors (Lipinski definition) is 2. The van der Waals surface area contributed by atoms with Crippen LogP contribution in [0.15, 0.2) is 40.9 Å². The summed E-state index contributed by atoms with van der Waals surface area (Å²) in [7, 11) is 3.90. The Kier molecular flexibility index (Phi) is 4.89. The quantitative estimate of drug-likeness (QED) is 0.835. The van der Waals surface area contributed by atoms with Crippen LogP contribution in [0.2, 0.25) is 5.02 Å². The second-order valence-electron chi connectivity index (χ2n) is 4.66. The predicted octanol–water partition coefficient (Wildman–Crippen LogP) is 4.92. The predicted molar refractivity (Wildman–Crippen MR) is 87.2 cm³/mol. The summed E-state index contributed by atoms with van der Waals surface area (Å²) in [6, 6.07) is 10.8. The van der Waals surface area contributed by atoms with Gasteiger partial charge in [-0.3, -0.25) is 0 Å². The van der Waals surface area contributed by atoms with Gasteiger partial charge in [-0.15, -0.1) is 0 Å². The maximum absolute atomic E-state index is 13.1. The van der Waals surface area contributed by atoms with Gasteiger partial charge in [-0.2, -0.15) is 0 Å². The summed E-state index contributed by atoms with van der Waals surface area (Å²) >= 11 is 9.39. The summed E-state index contributed by atoms with van der Waals surface area (Å²) in [6.07, 6.45) is 0. The molecule has 2 aromatic rings. The van der Waals surface area contributed by atoms with Crippen LogP contribution in [0.1, 0.15) is 5.56 Å². The molecular formula is C15H15BrClFN2. The number of nitrogens with zero attached hydrogens (tertiary/aromatic N) is 1. The topological polar surface area (TPSA) is 15.3 Å². The van der Waals surface area contributed by atoms with Crippen LogP contribution in [0.3, 0.4) is 0 Å². The van der Waals surface area contributed by atoms with Gasteiger partial charge in [0.15, 0.2) is 0 Å². The van der Waals surface area contributed by atoms with Gasteiger partial charge in [-0.25, -0.2) is 4.39 Å². The molecule has 106 valence electrons. The van der Waals surface area contributed by atoms with Crippen LogP contribution in [0.4, 0.5) is 15.8 Å². The zero-order valence-corrected chi connectivity index (χ0v) is 13.6. The van der Waals surface area contributed by atoms with Crippen LogP contribution >= 0.6 is 27.5 Å². The fraction of sp³-hybridized carbons (Fsp3) is 0.200. The molecule has 0 saturated heterocycles. The maximum atomic E-state index is 13.1. The minimum Gasteiger partial charge on any atom is -0.381 e. The van der Waals surface area contributed by atoms with Gasteiger partial charge in [0, 0.05) is 26.3 Å². The SMILES string of the molecule is CN(C)c1ccc(NCc2ccc(F)c(Br)c2)cc1Cl. The molecule has 0 fully saturated rings. The molecule has 0 aliphatic heterocycles. The third-order valence-corrected chi connectivity index (χ3v) is 3.82. The molecule has 0 atom stereocenters. The van der Waals surface area contributed by atoms with Crippen molar-refractivity contribution in [3.8, 4) is 0 Å². The van der Waals surface area contributed by atoms with Gasteiger partial charge in [0.25, 0.3) is 0 Å². The molecule has 2 aromatic carbocycles. The van der Waals surface area contributed by atoms with Crippen LogP contribution in [0.25, 0.3) is 0 Å². The molecule has 1 N–H and O–H groups in total. The Hall–Kier alpha value is -1.26. The van der Waals surface area contributed by atoms with Gasteiger partial charge in [0.1, 0.15) is 5.82 Å². The summed E-state index contributed by atoms with van der Waals surface area (Å²) in [5.74, 6) is -0.257. The van der Waals surface area contributed by atoms with Crippen molar-refractivity contribution in [1.29, 1.82) is 0 Å². The molecule has 0 aliphatic rings. The van der Waals surface area contributed by atoms with Gasteiger partial charge in [0.05, 0.1) is 15.2 Å². The van der Waals surface area contributed by atoms with E-state index in [0.717, 1.165) is 16.9 Å².